The molecule has 0 aromatic rings. The number of nitriles is 1. The van der Waals surface area contributed by atoms with Gasteiger partial charge in [0.05, 0.1) is 12.0 Å². The molecule has 0 aliphatic carbocycles. The molecule has 0 rings (SSSR count). The van der Waals surface area contributed by atoms with Gasteiger partial charge < -0.3 is 10.2 Å². The van der Waals surface area contributed by atoms with Crippen LogP contribution in [0.3, 0.4) is 0 Å². The van der Waals surface area contributed by atoms with Gasteiger partial charge in [0.2, 0.25) is 0 Å². The summed E-state index contributed by atoms with van der Waals surface area (Å²) in [6.45, 7) is 9.26. The van der Waals surface area contributed by atoms with Crippen molar-refractivity contribution in [3.8, 4) is 6.07 Å². The number of hydrogen-bond donors (Lipinski definition) is 1. The third kappa shape index (κ3) is 6.88. The van der Waals surface area contributed by atoms with Gasteiger partial charge in [0, 0.05) is 12.6 Å². The first-order chi connectivity index (χ1) is 6.57. The van der Waals surface area contributed by atoms with E-state index in [1.807, 2.05) is 6.92 Å². The lowest BCUT2D eigenvalue weighted by Crippen LogP contribution is -2.30. The number of rotatable bonds is 7. The van der Waals surface area contributed by atoms with E-state index >= 15 is 0 Å². The molecule has 1 N–H and O–H groups in total. The third-order valence-electron chi connectivity index (χ3n) is 2.42. The molecule has 0 spiro atoms. The molecular formula is C11H23N3. The average Bonchev–Trinajstić information content (AvgIpc) is 2.16. The van der Waals surface area contributed by atoms with Crippen LogP contribution in [-0.2, 0) is 0 Å². The van der Waals surface area contributed by atoms with E-state index in [0.29, 0.717) is 6.04 Å². The van der Waals surface area contributed by atoms with Crippen molar-refractivity contribution in [2.75, 3.05) is 26.7 Å². The second-order valence-electron chi connectivity index (χ2n) is 4.16. The molecule has 1 atom stereocenters. The summed E-state index contributed by atoms with van der Waals surface area (Å²) in [4.78, 5) is 2.33. The summed E-state index contributed by atoms with van der Waals surface area (Å²) in [6.07, 6.45) is 1.15. The van der Waals surface area contributed by atoms with Crippen LogP contribution in [0.15, 0.2) is 0 Å². The second-order valence-corrected chi connectivity index (χ2v) is 4.16. The zero-order valence-electron chi connectivity index (χ0n) is 9.88. The highest BCUT2D eigenvalue weighted by Crippen LogP contribution is 1.94. The molecule has 14 heavy (non-hydrogen) atoms. The van der Waals surface area contributed by atoms with Gasteiger partial charge in [-0.05, 0) is 47.3 Å². The molecule has 3 nitrogen and oxygen atoms in total. The first kappa shape index (κ1) is 13.4. The van der Waals surface area contributed by atoms with Crippen molar-refractivity contribution in [3.05, 3.63) is 0 Å². The van der Waals surface area contributed by atoms with Crippen LogP contribution < -0.4 is 5.32 Å². The van der Waals surface area contributed by atoms with Gasteiger partial charge in [-0.2, -0.15) is 5.26 Å². The summed E-state index contributed by atoms with van der Waals surface area (Å²) in [5.74, 6) is 0.123. The molecule has 0 aromatic carbocycles. The van der Waals surface area contributed by atoms with Crippen molar-refractivity contribution in [2.45, 2.75) is 33.2 Å². The fraction of sp³-hybridized carbons (Fsp3) is 0.909. The maximum absolute atomic E-state index is 8.55. The summed E-state index contributed by atoms with van der Waals surface area (Å²) in [7, 11) is 2.14. The van der Waals surface area contributed by atoms with Gasteiger partial charge in [0.25, 0.3) is 0 Å². The smallest absolute Gasteiger partial charge is 0.0666 e. The van der Waals surface area contributed by atoms with E-state index in [4.69, 9.17) is 5.26 Å². The van der Waals surface area contributed by atoms with Crippen LogP contribution >= 0.6 is 0 Å². The molecule has 0 heterocycles. The van der Waals surface area contributed by atoms with E-state index in [1.165, 1.54) is 0 Å². The number of hydrogen-bond acceptors (Lipinski definition) is 3. The molecule has 0 amide bonds. The Morgan fingerprint density at radius 1 is 1.36 bits per heavy atom. The zero-order chi connectivity index (χ0) is 11.0. The van der Waals surface area contributed by atoms with E-state index in [2.05, 4.69) is 37.2 Å². The molecule has 0 aliphatic heterocycles. The van der Waals surface area contributed by atoms with Gasteiger partial charge in [-0.15, -0.1) is 0 Å². The predicted molar refractivity (Wildman–Crippen MR) is 60.0 cm³/mol. The van der Waals surface area contributed by atoms with E-state index in [-0.39, 0.29) is 5.92 Å². The fourth-order valence-electron chi connectivity index (χ4n) is 1.08. The Bertz CT molecular complexity index is 172. The van der Waals surface area contributed by atoms with E-state index in [0.717, 1.165) is 26.1 Å². The number of nitrogens with one attached hydrogen (secondary N) is 1. The van der Waals surface area contributed by atoms with Crippen LogP contribution in [0.1, 0.15) is 27.2 Å². The third-order valence-corrected chi connectivity index (χ3v) is 2.42. The van der Waals surface area contributed by atoms with Gasteiger partial charge in [0.15, 0.2) is 0 Å². The monoisotopic (exact) mass is 197 g/mol. The summed E-state index contributed by atoms with van der Waals surface area (Å²) in [5.41, 5.74) is 0. The molecule has 82 valence electrons. The standard InChI is InChI=1S/C11H23N3/c1-10(2)14(4)7-5-6-13-9-11(3)8-12/h10-11,13H,5-7,9H2,1-4H3. The first-order valence-electron chi connectivity index (χ1n) is 5.38. The maximum atomic E-state index is 8.55. The van der Waals surface area contributed by atoms with Gasteiger partial charge in [-0.1, -0.05) is 0 Å². The van der Waals surface area contributed by atoms with E-state index in [1.54, 1.807) is 0 Å². The van der Waals surface area contributed by atoms with Crippen LogP contribution in [-0.4, -0.2) is 37.6 Å². The van der Waals surface area contributed by atoms with Crippen molar-refractivity contribution in [1.82, 2.24) is 10.2 Å². The minimum absolute atomic E-state index is 0.123. The Morgan fingerprint density at radius 2 is 2.00 bits per heavy atom. The maximum Gasteiger partial charge on any atom is 0.0666 e. The normalized spacial score (nSPS) is 13.2. The Balaban J connectivity index is 3.26. The van der Waals surface area contributed by atoms with Crippen molar-refractivity contribution in [3.63, 3.8) is 0 Å². The van der Waals surface area contributed by atoms with E-state index in [9.17, 15) is 0 Å². The summed E-state index contributed by atoms with van der Waals surface area (Å²) >= 11 is 0. The second kappa shape index (κ2) is 7.78. The fourth-order valence-corrected chi connectivity index (χ4v) is 1.08. The van der Waals surface area contributed by atoms with Gasteiger partial charge in [-0.25, -0.2) is 0 Å². The molecule has 0 saturated heterocycles. The molecule has 0 aromatic heterocycles. The molecule has 0 bridgehead atoms. The first-order valence-corrected chi connectivity index (χ1v) is 5.38. The topological polar surface area (TPSA) is 39.1 Å². The Kier molecular flexibility index (Phi) is 7.45. The van der Waals surface area contributed by atoms with Crippen LogP contribution in [0.5, 0.6) is 0 Å². The summed E-state index contributed by atoms with van der Waals surface area (Å²) in [6, 6.07) is 2.83. The minimum atomic E-state index is 0.123. The highest BCUT2D eigenvalue weighted by molar-refractivity contribution is 4.79. The quantitative estimate of drug-likeness (QED) is 0.628. The molecule has 0 fully saturated rings. The van der Waals surface area contributed by atoms with Crippen molar-refractivity contribution in [1.29, 1.82) is 5.26 Å². The lowest BCUT2D eigenvalue weighted by atomic mass is 10.2. The summed E-state index contributed by atoms with van der Waals surface area (Å²) in [5, 5.41) is 11.8. The van der Waals surface area contributed by atoms with Crippen LogP contribution in [0.4, 0.5) is 0 Å². The SMILES string of the molecule is CC(C#N)CNCCCN(C)C(C)C. The molecule has 0 saturated carbocycles. The minimum Gasteiger partial charge on any atom is -0.315 e. The van der Waals surface area contributed by atoms with Gasteiger partial charge in [0.1, 0.15) is 0 Å². The largest absolute Gasteiger partial charge is 0.315 e. The highest BCUT2D eigenvalue weighted by Gasteiger charge is 2.02. The number of nitrogens with zero attached hydrogens (tertiary/aromatic N) is 2. The van der Waals surface area contributed by atoms with Crippen molar-refractivity contribution in [2.24, 2.45) is 5.92 Å². The Labute approximate surface area is 88.1 Å². The van der Waals surface area contributed by atoms with Gasteiger partial charge in [-0.3, -0.25) is 0 Å². The molecule has 0 radical (unpaired) electrons. The predicted octanol–water partition coefficient (Wildman–Crippen LogP) is 1.47. The van der Waals surface area contributed by atoms with Crippen LogP contribution in [0, 0.1) is 17.2 Å². The van der Waals surface area contributed by atoms with Crippen molar-refractivity contribution >= 4 is 0 Å². The van der Waals surface area contributed by atoms with Gasteiger partial charge >= 0.3 is 0 Å². The Hall–Kier alpha value is -0.590. The lowest BCUT2D eigenvalue weighted by molar-refractivity contribution is 0.269. The molecule has 3 heteroatoms. The van der Waals surface area contributed by atoms with E-state index < -0.39 is 0 Å². The highest BCUT2D eigenvalue weighted by atomic mass is 15.1. The lowest BCUT2D eigenvalue weighted by Gasteiger charge is -2.20. The summed E-state index contributed by atoms with van der Waals surface area (Å²) < 4.78 is 0. The molecular weight excluding hydrogens is 174 g/mol. The average molecular weight is 197 g/mol. The van der Waals surface area contributed by atoms with Crippen LogP contribution in [0.25, 0.3) is 0 Å². The van der Waals surface area contributed by atoms with Crippen LogP contribution in [0.2, 0.25) is 0 Å². The molecule has 0 aliphatic rings. The Morgan fingerprint density at radius 3 is 2.50 bits per heavy atom. The molecule has 1 unspecified atom stereocenters. The van der Waals surface area contributed by atoms with Crippen molar-refractivity contribution < 1.29 is 0 Å². The zero-order valence-corrected chi connectivity index (χ0v) is 9.88.